The number of rotatable bonds is 6. The fourth-order valence-electron chi connectivity index (χ4n) is 1.36. The highest BCUT2D eigenvalue weighted by molar-refractivity contribution is 5.22. The zero-order valence-corrected chi connectivity index (χ0v) is 8.83. The van der Waals surface area contributed by atoms with E-state index in [1.54, 1.807) is 0 Å². The molecule has 1 aromatic rings. The van der Waals surface area contributed by atoms with Gasteiger partial charge >= 0.3 is 0 Å². The van der Waals surface area contributed by atoms with Gasteiger partial charge in [-0.2, -0.15) is 0 Å². The Morgan fingerprint density at radius 1 is 1.14 bits per heavy atom. The summed E-state index contributed by atoms with van der Waals surface area (Å²) in [6, 6.07) is 8.60. The lowest BCUT2D eigenvalue weighted by molar-refractivity contribution is 0.128. The van der Waals surface area contributed by atoms with E-state index in [1.807, 2.05) is 0 Å². The van der Waals surface area contributed by atoms with Gasteiger partial charge in [0.25, 0.3) is 0 Å². The van der Waals surface area contributed by atoms with Gasteiger partial charge in [-0.15, -0.1) is 0 Å². The van der Waals surface area contributed by atoms with Gasteiger partial charge in [-0.25, -0.2) is 0 Å². The first kappa shape index (κ1) is 11.2. The molecule has 0 unspecified atom stereocenters. The summed E-state index contributed by atoms with van der Waals surface area (Å²) in [6.45, 7) is 4.09. The quantitative estimate of drug-likeness (QED) is 0.702. The molecule has 0 radical (unpaired) electrons. The van der Waals surface area contributed by atoms with Crippen molar-refractivity contribution in [1.82, 2.24) is 0 Å². The van der Waals surface area contributed by atoms with Crippen molar-refractivity contribution >= 4 is 0 Å². The van der Waals surface area contributed by atoms with Crippen molar-refractivity contribution in [2.24, 2.45) is 5.73 Å². The standard InChI is InChI=1S/C12H19NO/c1-2-3-11-4-6-12(7-5-11)10-14-9-8-13/h4-7H,2-3,8-10,13H2,1H3. The fraction of sp³-hybridized carbons (Fsp3) is 0.500. The molecule has 1 aromatic carbocycles. The molecule has 2 N–H and O–H groups in total. The van der Waals surface area contributed by atoms with Gasteiger partial charge in [-0.05, 0) is 17.5 Å². The first-order chi connectivity index (χ1) is 6.86. The summed E-state index contributed by atoms with van der Waals surface area (Å²) in [5.41, 5.74) is 7.95. The minimum absolute atomic E-state index is 0.591. The van der Waals surface area contributed by atoms with Crippen LogP contribution in [-0.2, 0) is 17.8 Å². The summed E-state index contributed by atoms with van der Waals surface area (Å²) in [5, 5.41) is 0. The minimum Gasteiger partial charge on any atom is -0.375 e. The molecule has 0 atom stereocenters. The second-order valence-electron chi connectivity index (χ2n) is 3.41. The zero-order chi connectivity index (χ0) is 10.2. The average Bonchev–Trinajstić information content (AvgIpc) is 2.21. The Labute approximate surface area is 86.1 Å². The number of ether oxygens (including phenoxy) is 1. The first-order valence-corrected chi connectivity index (χ1v) is 5.22. The number of nitrogens with two attached hydrogens (primary N) is 1. The van der Waals surface area contributed by atoms with E-state index >= 15 is 0 Å². The molecule has 0 saturated carbocycles. The Kier molecular flexibility index (Phi) is 5.27. The highest BCUT2D eigenvalue weighted by Gasteiger charge is 1.94. The molecule has 0 bridgehead atoms. The summed E-state index contributed by atoms with van der Waals surface area (Å²) in [7, 11) is 0. The van der Waals surface area contributed by atoms with Crippen LogP contribution in [0.5, 0.6) is 0 Å². The van der Waals surface area contributed by atoms with Crippen molar-refractivity contribution in [3.05, 3.63) is 35.4 Å². The van der Waals surface area contributed by atoms with E-state index in [9.17, 15) is 0 Å². The predicted octanol–water partition coefficient (Wildman–Crippen LogP) is 2.11. The maximum atomic E-state index is 5.34. The lowest BCUT2D eigenvalue weighted by Gasteiger charge is -2.04. The molecule has 0 spiro atoms. The van der Waals surface area contributed by atoms with Crippen LogP contribution < -0.4 is 5.73 Å². The van der Waals surface area contributed by atoms with E-state index < -0.39 is 0 Å². The fourth-order valence-corrected chi connectivity index (χ4v) is 1.36. The lowest BCUT2D eigenvalue weighted by atomic mass is 10.1. The largest absolute Gasteiger partial charge is 0.375 e. The Hall–Kier alpha value is -0.860. The van der Waals surface area contributed by atoms with Crippen LogP contribution in [0.3, 0.4) is 0 Å². The molecule has 2 nitrogen and oxygen atoms in total. The number of hydrogen-bond acceptors (Lipinski definition) is 2. The topological polar surface area (TPSA) is 35.2 Å². The van der Waals surface area contributed by atoms with Gasteiger partial charge in [-0.1, -0.05) is 37.6 Å². The van der Waals surface area contributed by atoms with Gasteiger partial charge in [0.2, 0.25) is 0 Å². The van der Waals surface area contributed by atoms with Crippen molar-refractivity contribution < 1.29 is 4.74 Å². The van der Waals surface area contributed by atoms with Crippen molar-refractivity contribution in [2.75, 3.05) is 13.2 Å². The van der Waals surface area contributed by atoms with Crippen LogP contribution in [0, 0.1) is 0 Å². The SMILES string of the molecule is CCCc1ccc(COCCN)cc1. The van der Waals surface area contributed by atoms with Crippen LogP contribution >= 0.6 is 0 Å². The summed E-state index contributed by atoms with van der Waals surface area (Å²) in [5.74, 6) is 0. The molecule has 0 saturated heterocycles. The molecule has 0 aliphatic heterocycles. The first-order valence-electron chi connectivity index (χ1n) is 5.22. The predicted molar refractivity (Wildman–Crippen MR) is 59.1 cm³/mol. The van der Waals surface area contributed by atoms with Crippen molar-refractivity contribution in [3.8, 4) is 0 Å². The highest BCUT2D eigenvalue weighted by atomic mass is 16.5. The van der Waals surface area contributed by atoms with Crippen LogP contribution in [0.15, 0.2) is 24.3 Å². The van der Waals surface area contributed by atoms with E-state index in [4.69, 9.17) is 10.5 Å². The summed E-state index contributed by atoms with van der Waals surface area (Å²) in [6.07, 6.45) is 2.35. The van der Waals surface area contributed by atoms with Crippen LogP contribution in [0.4, 0.5) is 0 Å². The monoisotopic (exact) mass is 193 g/mol. The molecular weight excluding hydrogens is 174 g/mol. The molecule has 1 rings (SSSR count). The number of aryl methyl sites for hydroxylation is 1. The summed E-state index contributed by atoms with van der Waals surface area (Å²) < 4.78 is 5.34. The Morgan fingerprint density at radius 2 is 1.79 bits per heavy atom. The van der Waals surface area contributed by atoms with Gasteiger partial charge in [-0.3, -0.25) is 0 Å². The zero-order valence-electron chi connectivity index (χ0n) is 8.83. The van der Waals surface area contributed by atoms with Crippen LogP contribution in [0.1, 0.15) is 24.5 Å². The van der Waals surface area contributed by atoms with Crippen LogP contribution in [0.2, 0.25) is 0 Å². The van der Waals surface area contributed by atoms with Crippen molar-refractivity contribution in [2.45, 2.75) is 26.4 Å². The van der Waals surface area contributed by atoms with Crippen LogP contribution in [-0.4, -0.2) is 13.2 Å². The maximum absolute atomic E-state index is 5.34. The van der Waals surface area contributed by atoms with Crippen LogP contribution in [0.25, 0.3) is 0 Å². The number of hydrogen-bond donors (Lipinski definition) is 1. The van der Waals surface area contributed by atoms with Crippen molar-refractivity contribution in [1.29, 1.82) is 0 Å². The molecule has 0 aliphatic rings. The molecule has 0 fully saturated rings. The second-order valence-corrected chi connectivity index (χ2v) is 3.41. The van der Waals surface area contributed by atoms with Gasteiger partial charge in [0.05, 0.1) is 13.2 Å². The Bertz CT molecular complexity index is 243. The van der Waals surface area contributed by atoms with Gasteiger partial charge in [0, 0.05) is 6.54 Å². The highest BCUT2D eigenvalue weighted by Crippen LogP contribution is 2.07. The third-order valence-electron chi connectivity index (χ3n) is 2.09. The van der Waals surface area contributed by atoms with Gasteiger partial charge in [0.15, 0.2) is 0 Å². The summed E-state index contributed by atoms with van der Waals surface area (Å²) in [4.78, 5) is 0. The molecule has 0 heterocycles. The Balaban J connectivity index is 2.38. The molecule has 2 heteroatoms. The van der Waals surface area contributed by atoms with Crippen molar-refractivity contribution in [3.63, 3.8) is 0 Å². The molecular formula is C12H19NO. The van der Waals surface area contributed by atoms with E-state index in [2.05, 4.69) is 31.2 Å². The minimum atomic E-state index is 0.591. The Morgan fingerprint density at radius 3 is 2.36 bits per heavy atom. The molecule has 78 valence electrons. The number of benzene rings is 1. The summed E-state index contributed by atoms with van der Waals surface area (Å²) >= 11 is 0. The average molecular weight is 193 g/mol. The van der Waals surface area contributed by atoms with E-state index in [0.29, 0.717) is 19.8 Å². The van der Waals surface area contributed by atoms with E-state index in [0.717, 1.165) is 6.42 Å². The third-order valence-corrected chi connectivity index (χ3v) is 2.09. The molecule has 0 amide bonds. The molecule has 0 aliphatic carbocycles. The second kappa shape index (κ2) is 6.57. The lowest BCUT2D eigenvalue weighted by Crippen LogP contribution is -2.08. The molecule has 14 heavy (non-hydrogen) atoms. The molecule has 0 aromatic heterocycles. The smallest absolute Gasteiger partial charge is 0.0717 e. The van der Waals surface area contributed by atoms with Gasteiger partial charge < -0.3 is 10.5 Å². The maximum Gasteiger partial charge on any atom is 0.0717 e. The van der Waals surface area contributed by atoms with Gasteiger partial charge in [0.1, 0.15) is 0 Å². The van der Waals surface area contributed by atoms with E-state index in [1.165, 1.54) is 17.5 Å². The van der Waals surface area contributed by atoms with E-state index in [-0.39, 0.29) is 0 Å². The normalized spacial score (nSPS) is 10.4. The third kappa shape index (κ3) is 3.90.